The molecule has 1 heterocycles. The van der Waals surface area contributed by atoms with Crippen molar-refractivity contribution in [2.75, 3.05) is 13.1 Å². The third kappa shape index (κ3) is 6.73. The summed E-state index contributed by atoms with van der Waals surface area (Å²) >= 11 is 1.51. The van der Waals surface area contributed by atoms with E-state index in [1.54, 1.807) is 6.20 Å². The first-order valence-electron chi connectivity index (χ1n) is 5.73. The Morgan fingerprint density at radius 3 is 2.79 bits per heavy atom. The standard InChI is InChI=1S/C11H17N3O4S/c1-11(18,6-9(15)16)7-14-10(17)13-3-2-8-12-4-5-19-8/h4-5,18H,2-3,6-7H2,1H3,(H,15,16)(H2,13,14,17). The van der Waals surface area contributed by atoms with E-state index in [1.807, 2.05) is 5.38 Å². The van der Waals surface area contributed by atoms with Crippen LogP contribution in [0.1, 0.15) is 18.4 Å². The molecule has 1 unspecified atom stereocenters. The van der Waals surface area contributed by atoms with E-state index in [-0.39, 0.29) is 6.54 Å². The molecular formula is C11H17N3O4S. The smallest absolute Gasteiger partial charge is 0.314 e. The summed E-state index contributed by atoms with van der Waals surface area (Å²) in [6, 6.07) is -0.442. The predicted molar refractivity (Wildman–Crippen MR) is 70.1 cm³/mol. The highest BCUT2D eigenvalue weighted by atomic mass is 32.1. The number of rotatable bonds is 7. The molecular weight excluding hydrogens is 270 g/mol. The van der Waals surface area contributed by atoms with E-state index in [0.29, 0.717) is 13.0 Å². The van der Waals surface area contributed by atoms with Crippen molar-refractivity contribution >= 4 is 23.3 Å². The van der Waals surface area contributed by atoms with Gasteiger partial charge in [-0.1, -0.05) is 0 Å². The first-order valence-corrected chi connectivity index (χ1v) is 6.61. The van der Waals surface area contributed by atoms with E-state index in [2.05, 4.69) is 15.6 Å². The normalized spacial score (nSPS) is 13.6. The third-order valence-electron chi connectivity index (χ3n) is 2.27. The summed E-state index contributed by atoms with van der Waals surface area (Å²) in [6.45, 7) is 1.67. The lowest BCUT2D eigenvalue weighted by molar-refractivity contribution is -0.141. The maximum atomic E-state index is 11.4. The molecule has 0 aliphatic rings. The van der Waals surface area contributed by atoms with E-state index < -0.39 is 24.0 Å². The van der Waals surface area contributed by atoms with Crippen LogP contribution in [0.4, 0.5) is 4.79 Å². The number of nitrogens with one attached hydrogen (secondary N) is 2. The van der Waals surface area contributed by atoms with Crippen molar-refractivity contribution in [2.45, 2.75) is 25.4 Å². The van der Waals surface area contributed by atoms with Crippen LogP contribution >= 0.6 is 11.3 Å². The number of carboxylic acids is 1. The van der Waals surface area contributed by atoms with Gasteiger partial charge < -0.3 is 20.8 Å². The average Bonchev–Trinajstić information content (AvgIpc) is 2.78. The number of hydrogen-bond donors (Lipinski definition) is 4. The van der Waals surface area contributed by atoms with Crippen LogP contribution < -0.4 is 10.6 Å². The van der Waals surface area contributed by atoms with Crippen LogP contribution in [0.3, 0.4) is 0 Å². The molecule has 0 radical (unpaired) electrons. The maximum Gasteiger partial charge on any atom is 0.314 e. The Kier molecular flexibility index (Phi) is 5.71. The minimum atomic E-state index is -1.46. The van der Waals surface area contributed by atoms with Gasteiger partial charge in [0.25, 0.3) is 0 Å². The monoisotopic (exact) mass is 287 g/mol. The molecule has 1 atom stereocenters. The van der Waals surface area contributed by atoms with Crippen molar-refractivity contribution in [1.82, 2.24) is 15.6 Å². The van der Waals surface area contributed by atoms with Gasteiger partial charge in [0.05, 0.1) is 17.0 Å². The first kappa shape index (κ1) is 15.4. The fourth-order valence-electron chi connectivity index (χ4n) is 1.38. The Morgan fingerprint density at radius 1 is 1.47 bits per heavy atom. The summed E-state index contributed by atoms with van der Waals surface area (Å²) in [6.07, 6.45) is 1.91. The molecule has 19 heavy (non-hydrogen) atoms. The molecule has 0 aliphatic heterocycles. The fraction of sp³-hybridized carbons (Fsp3) is 0.545. The van der Waals surface area contributed by atoms with E-state index in [1.165, 1.54) is 18.3 Å². The van der Waals surface area contributed by atoms with Gasteiger partial charge in [0, 0.05) is 31.1 Å². The van der Waals surface area contributed by atoms with E-state index in [9.17, 15) is 14.7 Å². The number of carboxylic acid groups (broad SMARTS) is 1. The molecule has 2 amide bonds. The Morgan fingerprint density at radius 2 is 2.21 bits per heavy atom. The summed E-state index contributed by atoms with van der Waals surface area (Å²) < 4.78 is 0. The number of carbonyl (C=O) groups is 2. The number of thiazole rings is 1. The van der Waals surface area contributed by atoms with Gasteiger partial charge in [-0.2, -0.15) is 0 Å². The molecule has 1 aromatic rings. The van der Waals surface area contributed by atoms with Gasteiger partial charge in [-0.05, 0) is 6.92 Å². The second kappa shape index (κ2) is 7.05. The third-order valence-corrected chi connectivity index (χ3v) is 3.11. The second-order valence-corrected chi connectivity index (χ2v) is 5.33. The highest BCUT2D eigenvalue weighted by Crippen LogP contribution is 2.07. The number of hydrogen-bond acceptors (Lipinski definition) is 5. The molecule has 4 N–H and O–H groups in total. The molecule has 0 bridgehead atoms. The van der Waals surface area contributed by atoms with Gasteiger partial charge >= 0.3 is 12.0 Å². The van der Waals surface area contributed by atoms with Crippen LogP contribution in [0.15, 0.2) is 11.6 Å². The van der Waals surface area contributed by atoms with Crippen LogP contribution in [0.5, 0.6) is 0 Å². The number of carbonyl (C=O) groups excluding carboxylic acids is 1. The van der Waals surface area contributed by atoms with Gasteiger partial charge in [-0.15, -0.1) is 11.3 Å². The Hall–Kier alpha value is -1.67. The lowest BCUT2D eigenvalue weighted by Gasteiger charge is -2.21. The lowest BCUT2D eigenvalue weighted by atomic mass is 10.0. The number of aliphatic carboxylic acids is 1. The maximum absolute atomic E-state index is 11.4. The SMILES string of the molecule is CC(O)(CNC(=O)NCCc1nccs1)CC(=O)O. The van der Waals surface area contributed by atoms with Crippen LogP contribution in [0.2, 0.25) is 0 Å². The van der Waals surface area contributed by atoms with Crippen molar-refractivity contribution < 1.29 is 19.8 Å². The highest BCUT2D eigenvalue weighted by Gasteiger charge is 2.24. The van der Waals surface area contributed by atoms with Crippen molar-refractivity contribution in [3.63, 3.8) is 0 Å². The van der Waals surface area contributed by atoms with Crippen molar-refractivity contribution in [2.24, 2.45) is 0 Å². The Bertz CT molecular complexity index is 420. The lowest BCUT2D eigenvalue weighted by Crippen LogP contribution is -2.46. The van der Waals surface area contributed by atoms with Gasteiger partial charge in [-0.25, -0.2) is 9.78 Å². The molecule has 1 aromatic heterocycles. The van der Waals surface area contributed by atoms with Crippen LogP contribution in [-0.2, 0) is 11.2 Å². The molecule has 0 aromatic carbocycles. The zero-order chi connectivity index (χ0) is 14.3. The quantitative estimate of drug-likeness (QED) is 0.573. The van der Waals surface area contributed by atoms with Gasteiger partial charge in [0.15, 0.2) is 0 Å². The first-order chi connectivity index (χ1) is 8.89. The van der Waals surface area contributed by atoms with E-state index in [4.69, 9.17) is 5.11 Å². The van der Waals surface area contributed by atoms with Gasteiger partial charge in [0.1, 0.15) is 0 Å². The van der Waals surface area contributed by atoms with Gasteiger partial charge in [-0.3, -0.25) is 4.79 Å². The molecule has 0 fully saturated rings. The summed E-state index contributed by atoms with van der Waals surface area (Å²) in [5.74, 6) is -1.11. The van der Waals surface area contributed by atoms with Crippen LogP contribution in [-0.4, -0.2) is 45.9 Å². The minimum absolute atomic E-state index is 0.123. The fourth-order valence-corrected chi connectivity index (χ4v) is 2.00. The average molecular weight is 287 g/mol. The number of urea groups is 1. The molecule has 0 saturated carbocycles. The topological polar surface area (TPSA) is 112 Å². The number of aromatic nitrogens is 1. The minimum Gasteiger partial charge on any atom is -0.481 e. The Balaban J connectivity index is 2.18. The zero-order valence-electron chi connectivity index (χ0n) is 10.5. The highest BCUT2D eigenvalue weighted by molar-refractivity contribution is 7.09. The molecule has 0 saturated heterocycles. The molecule has 7 nitrogen and oxygen atoms in total. The van der Waals surface area contributed by atoms with E-state index >= 15 is 0 Å². The van der Waals surface area contributed by atoms with Crippen molar-refractivity contribution in [3.05, 3.63) is 16.6 Å². The number of aliphatic hydroxyl groups is 1. The second-order valence-electron chi connectivity index (χ2n) is 4.35. The molecule has 0 aliphatic carbocycles. The number of amides is 2. The zero-order valence-corrected chi connectivity index (χ0v) is 11.4. The molecule has 106 valence electrons. The summed E-state index contributed by atoms with van der Waals surface area (Å²) in [5.41, 5.74) is -1.46. The molecule has 8 heteroatoms. The van der Waals surface area contributed by atoms with Crippen LogP contribution in [0.25, 0.3) is 0 Å². The summed E-state index contributed by atoms with van der Waals surface area (Å²) in [5, 5.41) is 26.1. The largest absolute Gasteiger partial charge is 0.481 e. The predicted octanol–water partition coefficient (Wildman–Crippen LogP) is 0.210. The Labute approximate surface area is 114 Å². The van der Waals surface area contributed by atoms with Crippen LogP contribution in [0, 0.1) is 0 Å². The van der Waals surface area contributed by atoms with E-state index in [0.717, 1.165) is 5.01 Å². The molecule has 0 spiro atoms. The van der Waals surface area contributed by atoms with Crippen molar-refractivity contribution in [3.8, 4) is 0 Å². The summed E-state index contributed by atoms with van der Waals surface area (Å²) in [7, 11) is 0. The summed E-state index contributed by atoms with van der Waals surface area (Å²) in [4.78, 5) is 25.9. The van der Waals surface area contributed by atoms with Gasteiger partial charge in [0.2, 0.25) is 0 Å². The molecule has 1 rings (SSSR count). The number of nitrogens with zero attached hydrogens (tertiary/aromatic N) is 1. The van der Waals surface area contributed by atoms with Crippen molar-refractivity contribution in [1.29, 1.82) is 0 Å².